The molecule has 3 N–H and O–H groups in total. The minimum atomic E-state index is -0.858. The average Bonchev–Trinajstić information content (AvgIpc) is 3.62. The summed E-state index contributed by atoms with van der Waals surface area (Å²) in [6, 6.07) is 8.40. The summed E-state index contributed by atoms with van der Waals surface area (Å²) >= 11 is 0. The SMILES string of the molecule is CCC1=C(C)c2cc3[nH]c(cc4nc(cc5c(CCC(=O)O)c(C)c(cc1n2)n5CC)C(CCC(=O)O)=C4C)c(C)c3CC. The Kier molecular flexibility index (Phi) is 8.64. The number of allylic oxidation sites excluding steroid dienone is 4. The number of aromatic amines is 1. The van der Waals surface area contributed by atoms with Crippen LogP contribution in [0.25, 0.3) is 44.4 Å². The summed E-state index contributed by atoms with van der Waals surface area (Å²) in [7, 11) is 0. The first-order valence-corrected chi connectivity index (χ1v) is 15.6. The molecule has 5 heterocycles. The van der Waals surface area contributed by atoms with E-state index in [1.54, 1.807) is 0 Å². The van der Waals surface area contributed by atoms with Crippen LogP contribution in [0.5, 0.6) is 0 Å². The zero-order valence-corrected chi connectivity index (χ0v) is 26.8. The van der Waals surface area contributed by atoms with E-state index in [4.69, 9.17) is 9.97 Å². The van der Waals surface area contributed by atoms with Crippen molar-refractivity contribution < 1.29 is 19.8 Å². The molecule has 5 rings (SSSR count). The third-order valence-electron chi connectivity index (χ3n) is 9.26. The van der Waals surface area contributed by atoms with Crippen LogP contribution in [0, 0.1) is 13.8 Å². The van der Waals surface area contributed by atoms with Gasteiger partial charge in [0.1, 0.15) is 0 Å². The molecule has 0 saturated carbocycles. The Morgan fingerprint density at radius 2 is 1.25 bits per heavy atom. The number of carbonyl (C=O) groups is 2. The molecule has 0 unspecified atom stereocenters. The van der Waals surface area contributed by atoms with E-state index in [9.17, 15) is 19.8 Å². The van der Waals surface area contributed by atoms with E-state index in [2.05, 4.69) is 69.3 Å². The molecule has 8 nitrogen and oxygen atoms in total. The van der Waals surface area contributed by atoms with Crippen LogP contribution in [0.2, 0.25) is 0 Å². The molecule has 44 heavy (non-hydrogen) atoms. The maximum atomic E-state index is 11.7. The van der Waals surface area contributed by atoms with Gasteiger partial charge >= 0.3 is 11.9 Å². The molecule has 0 amide bonds. The van der Waals surface area contributed by atoms with Gasteiger partial charge in [-0.1, -0.05) is 13.8 Å². The molecule has 0 spiro atoms. The van der Waals surface area contributed by atoms with E-state index < -0.39 is 11.9 Å². The number of aromatic nitrogens is 4. The van der Waals surface area contributed by atoms with Crippen LogP contribution in [0.3, 0.4) is 0 Å². The second-order valence-corrected chi connectivity index (χ2v) is 11.7. The van der Waals surface area contributed by atoms with E-state index in [-0.39, 0.29) is 12.8 Å². The second-order valence-electron chi connectivity index (χ2n) is 11.7. The van der Waals surface area contributed by atoms with Gasteiger partial charge in [0.25, 0.3) is 0 Å². The van der Waals surface area contributed by atoms with Crippen LogP contribution in [-0.4, -0.2) is 41.7 Å². The van der Waals surface area contributed by atoms with Crippen molar-refractivity contribution in [2.24, 2.45) is 0 Å². The fourth-order valence-electron chi connectivity index (χ4n) is 6.78. The standard InChI is InChI=1S/C36H42N4O4/c1-8-23-19(4)27-15-28-21(6)25(11-13-35(41)42)32(39-28)18-34-26(12-14-36(43)44)22(7)33(40(34)10-3)17-31-24(9-2)20(5)29(38-31)16-30(23)37-27/h15-18,37H,8-14H2,1-7H3,(H,41,42)(H,43,44). The van der Waals surface area contributed by atoms with Crippen LogP contribution < -0.4 is 0 Å². The minimum Gasteiger partial charge on any atom is -0.481 e. The van der Waals surface area contributed by atoms with Crippen molar-refractivity contribution >= 4 is 56.3 Å². The van der Waals surface area contributed by atoms with Crippen LogP contribution in [-0.2, 0) is 29.0 Å². The summed E-state index contributed by atoms with van der Waals surface area (Å²) in [5, 5.41) is 19.1. The zero-order valence-electron chi connectivity index (χ0n) is 26.8. The summed E-state index contributed by atoms with van der Waals surface area (Å²) in [6.07, 6.45) is 2.43. The third kappa shape index (κ3) is 5.49. The molecule has 0 radical (unpaired) electrons. The van der Waals surface area contributed by atoms with Crippen molar-refractivity contribution in [3.8, 4) is 0 Å². The van der Waals surface area contributed by atoms with E-state index >= 15 is 0 Å². The number of fused-ring (bicyclic) bond motifs is 8. The molecule has 230 valence electrons. The normalized spacial score (nSPS) is 13.2. The molecule has 0 fully saturated rings. The lowest BCUT2D eigenvalue weighted by Gasteiger charge is -2.06. The lowest BCUT2D eigenvalue weighted by Crippen LogP contribution is -1.99. The maximum Gasteiger partial charge on any atom is 0.303 e. The number of carboxylic acids is 2. The molecular formula is C36H42N4O4. The molecule has 0 atom stereocenters. The summed E-state index contributed by atoms with van der Waals surface area (Å²) in [6.45, 7) is 15.4. The summed E-state index contributed by atoms with van der Waals surface area (Å²) in [5.74, 6) is -1.71. The number of nitrogens with one attached hydrogen (secondary N) is 1. The fourth-order valence-corrected chi connectivity index (χ4v) is 6.78. The number of hydrogen-bond acceptors (Lipinski definition) is 4. The molecule has 0 saturated heterocycles. The first-order valence-electron chi connectivity index (χ1n) is 15.6. The first-order chi connectivity index (χ1) is 21.0. The van der Waals surface area contributed by atoms with Crippen molar-refractivity contribution in [3.05, 3.63) is 69.3 Å². The molecule has 3 aromatic heterocycles. The Morgan fingerprint density at radius 3 is 1.84 bits per heavy atom. The minimum absolute atomic E-state index is 0.00390. The lowest BCUT2D eigenvalue weighted by molar-refractivity contribution is -0.137. The Balaban J connectivity index is 1.99. The zero-order chi connectivity index (χ0) is 31.9. The average molecular weight is 595 g/mol. The van der Waals surface area contributed by atoms with Crippen LogP contribution >= 0.6 is 0 Å². The number of carboxylic acid groups (broad SMARTS) is 2. The van der Waals surface area contributed by atoms with Gasteiger partial charge in [-0.15, -0.1) is 0 Å². The maximum absolute atomic E-state index is 11.7. The van der Waals surface area contributed by atoms with Gasteiger partial charge in [0.15, 0.2) is 0 Å². The predicted octanol–water partition coefficient (Wildman–Crippen LogP) is 8.14. The topological polar surface area (TPSA) is 121 Å². The molecular weight excluding hydrogens is 552 g/mol. The van der Waals surface area contributed by atoms with Crippen molar-refractivity contribution in [1.82, 2.24) is 19.5 Å². The molecule has 2 aliphatic rings. The van der Waals surface area contributed by atoms with E-state index in [0.717, 1.165) is 91.1 Å². The van der Waals surface area contributed by atoms with E-state index in [0.29, 0.717) is 19.4 Å². The van der Waals surface area contributed by atoms with Gasteiger partial charge in [0, 0.05) is 41.5 Å². The Bertz CT molecular complexity index is 1920. The highest BCUT2D eigenvalue weighted by Crippen LogP contribution is 2.37. The van der Waals surface area contributed by atoms with Gasteiger partial charge in [-0.25, -0.2) is 9.97 Å². The lowest BCUT2D eigenvalue weighted by atomic mass is 10.00. The smallest absolute Gasteiger partial charge is 0.303 e. The molecule has 0 aliphatic carbocycles. The Hall–Kier alpha value is -4.46. The Labute approximate surface area is 258 Å². The van der Waals surface area contributed by atoms with Crippen LogP contribution in [0.15, 0.2) is 24.3 Å². The highest BCUT2D eigenvalue weighted by atomic mass is 16.4. The fraction of sp³-hybridized carbons (Fsp3) is 0.389. The predicted molar refractivity (Wildman–Crippen MR) is 177 cm³/mol. The van der Waals surface area contributed by atoms with Gasteiger partial charge in [0.2, 0.25) is 0 Å². The molecule has 2 aliphatic heterocycles. The highest BCUT2D eigenvalue weighted by molar-refractivity contribution is 5.95. The van der Waals surface area contributed by atoms with E-state index in [1.807, 2.05) is 13.0 Å². The summed E-state index contributed by atoms with van der Waals surface area (Å²) in [5.41, 5.74) is 15.9. The van der Waals surface area contributed by atoms with Crippen molar-refractivity contribution in [2.75, 3.05) is 0 Å². The van der Waals surface area contributed by atoms with Crippen molar-refractivity contribution in [1.29, 1.82) is 0 Å². The van der Waals surface area contributed by atoms with Crippen LogP contribution in [0.1, 0.15) is 105 Å². The van der Waals surface area contributed by atoms with Crippen molar-refractivity contribution in [3.63, 3.8) is 0 Å². The molecule has 3 aromatic rings. The molecule has 8 heteroatoms. The number of rotatable bonds is 9. The van der Waals surface area contributed by atoms with Gasteiger partial charge < -0.3 is 19.8 Å². The van der Waals surface area contributed by atoms with Gasteiger partial charge in [-0.2, -0.15) is 0 Å². The third-order valence-corrected chi connectivity index (χ3v) is 9.26. The van der Waals surface area contributed by atoms with Crippen molar-refractivity contribution in [2.45, 2.75) is 93.5 Å². The van der Waals surface area contributed by atoms with Gasteiger partial charge in [-0.3, -0.25) is 9.59 Å². The summed E-state index contributed by atoms with van der Waals surface area (Å²) < 4.78 is 2.22. The first kappa shape index (κ1) is 31.0. The quantitative estimate of drug-likeness (QED) is 0.230. The van der Waals surface area contributed by atoms with Crippen LogP contribution in [0.4, 0.5) is 0 Å². The van der Waals surface area contributed by atoms with Gasteiger partial charge in [-0.05, 0) is 129 Å². The number of aryl methyl sites for hydroxylation is 5. The summed E-state index contributed by atoms with van der Waals surface area (Å²) in [4.78, 5) is 37.2. The monoisotopic (exact) mass is 594 g/mol. The van der Waals surface area contributed by atoms with E-state index in [1.165, 1.54) is 11.1 Å². The highest BCUT2D eigenvalue weighted by Gasteiger charge is 2.22. The van der Waals surface area contributed by atoms with Gasteiger partial charge in [0.05, 0.1) is 22.8 Å². The Morgan fingerprint density at radius 1 is 0.682 bits per heavy atom. The molecule has 0 aromatic carbocycles. The number of aliphatic carboxylic acids is 2. The second kappa shape index (κ2) is 12.3. The largest absolute Gasteiger partial charge is 0.481 e. The number of nitrogens with zero attached hydrogens (tertiary/aromatic N) is 3. The molecule has 8 bridgehead atoms. The number of H-pyrrole nitrogens is 1. The number of hydrogen-bond donors (Lipinski definition) is 3.